The summed E-state index contributed by atoms with van der Waals surface area (Å²) in [6.07, 6.45) is 5.30. The third-order valence-corrected chi connectivity index (χ3v) is 4.31. The summed E-state index contributed by atoms with van der Waals surface area (Å²) in [6, 6.07) is 9.10. The number of aromatic nitrogens is 3. The van der Waals surface area contributed by atoms with Gasteiger partial charge in [0.2, 0.25) is 0 Å². The predicted molar refractivity (Wildman–Crippen MR) is 84.2 cm³/mol. The van der Waals surface area contributed by atoms with Crippen LogP contribution in [-0.4, -0.2) is 21.5 Å². The van der Waals surface area contributed by atoms with Crippen LogP contribution in [0.1, 0.15) is 55.5 Å². The van der Waals surface area contributed by atoms with Gasteiger partial charge in [0.25, 0.3) is 0 Å². The first-order valence-electron chi connectivity index (χ1n) is 8.04. The molecule has 2 unspecified atom stereocenters. The summed E-state index contributed by atoms with van der Waals surface area (Å²) in [5.41, 5.74) is 4.19. The van der Waals surface area contributed by atoms with Crippen molar-refractivity contribution in [3.05, 3.63) is 47.3 Å². The third-order valence-electron chi connectivity index (χ3n) is 4.31. The lowest BCUT2D eigenvalue weighted by molar-refractivity contribution is 0.381. The first-order valence-corrected chi connectivity index (χ1v) is 8.04. The quantitative estimate of drug-likeness (QED) is 0.849. The number of benzene rings is 1. The van der Waals surface area contributed by atoms with Crippen LogP contribution in [0.15, 0.2) is 30.5 Å². The van der Waals surface area contributed by atoms with Crippen LogP contribution < -0.4 is 5.32 Å². The van der Waals surface area contributed by atoms with Gasteiger partial charge in [-0.15, -0.1) is 5.10 Å². The fourth-order valence-corrected chi connectivity index (χ4v) is 3.24. The van der Waals surface area contributed by atoms with Crippen molar-refractivity contribution in [1.82, 2.24) is 20.3 Å². The van der Waals surface area contributed by atoms with Crippen molar-refractivity contribution in [2.24, 2.45) is 0 Å². The molecule has 0 spiro atoms. The summed E-state index contributed by atoms with van der Waals surface area (Å²) in [5.74, 6) is 0.543. The Morgan fingerprint density at radius 3 is 2.90 bits per heavy atom. The zero-order valence-electron chi connectivity index (χ0n) is 12.9. The number of hydrogen-bond donors (Lipinski definition) is 1. The van der Waals surface area contributed by atoms with Gasteiger partial charge in [0, 0.05) is 12.5 Å². The SMILES string of the molecule is CCCNC(c1cnnn1CCC)C1Cc2ccccc21. The molecule has 1 N–H and O–H groups in total. The van der Waals surface area contributed by atoms with Crippen molar-refractivity contribution in [3.8, 4) is 0 Å². The van der Waals surface area contributed by atoms with Crippen LogP contribution in [0, 0.1) is 0 Å². The van der Waals surface area contributed by atoms with Gasteiger partial charge >= 0.3 is 0 Å². The molecule has 1 aliphatic rings. The molecule has 21 heavy (non-hydrogen) atoms. The molecule has 0 amide bonds. The van der Waals surface area contributed by atoms with E-state index in [4.69, 9.17) is 0 Å². The van der Waals surface area contributed by atoms with E-state index in [1.807, 2.05) is 6.20 Å². The molecule has 2 atom stereocenters. The van der Waals surface area contributed by atoms with Crippen LogP contribution >= 0.6 is 0 Å². The monoisotopic (exact) mass is 284 g/mol. The molecule has 4 nitrogen and oxygen atoms in total. The molecular formula is C17H24N4. The molecule has 0 saturated carbocycles. The van der Waals surface area contributed by atoms with Crippen LogP contribution in [0.3, 0.4) is 0 Å². The van der Waals surface area contributed by atoms with Gasteiger partial charge in [-0.25, -0.2) is 4.68 Å². The highest BCUT2D eigenvalue weighted by Crippen LogP contribution is 2.43. The Hall–Kier alpha value is -1.68. The van der Waals surface area contributed by atoms with Crippen molar-refractivity contribution in [2.75, 3.05) is 6.54 Å². The zero-order valence-corrected chi connectivity index (χ0v) is 12.9. The van der Waals surface area contributed by atoms with E-state index in [1.54, 1.807) is 0 Å². The number of rotatable bonds is 7. The maximum absolute atomic E-state index is 4.26. The lowest BCUT2D eigenvalue weighted by atomic mass is 9.72. The molecule has 0 aliphatic heterocycles. The maximum atomic E-state index is 4.26. The molecule has 1 aromatic heterocycles. The number of fused-ring (bicyclic) bond motifs is 1. The van der Waals surface area contributed by atoms with Gasteiger partial charge in [-0.1, -0.05) is 43.3 Å². The minimum absolute atomic E-state index is 0.321. The second-order valence-corrected chi connectivity index (χ2v) is 5.82. The first-order chi connectivity index (χ1) is 10.3. The molecule has 1 heterocycles. The van der Waals surface area contributed by atoms with E-state index in [9.17, 15) is 0 Å². The Bertz CT molecular complexity index is 590. The molecule has 1 aliphatic carbocycles. The molecule has 4 heteroatoms. The Labute approximate surface area is 126 Å². The molecule has 3 rings (SSSR count). The molecule has 1 aromatic carbocycles. The van der Waals surface area contributed by atoms with Crippen LogP contribution in [0.5, 0.6) is 0 Å². The highest BCUT2D eigenvalue weighted by molar-refractivity contribution is 5.42. The Morgan fingerprint density at radius 1 is 1.29 bits per heavy atom. The highest BCUT2D eigenvalue weighted by atomic mass is 15.4. The summed E-state index contributed by atoms with van der Waals surface area (Å²) in [6.45, 7) is 6.35. The average Bonchev–Trinajstić information content (AvgIpc) is 2.92. The van der Waals surface area contributed by atoms with Gasteiger partial charge in [0.1, 0.15) is 0 Å². The van der Waals surface area contributed by atoms with E-state index in [1.165, 1.54) is 16.8 Å². The van der Waals surface area contributed by atoms with Crippen molar-refractivity contribution >= 4 is 0 Å². The summed E-state index contributed by atoms with van der Waals surface area (Å²) < 4.78 is 2.06. The molecule has 2 aromatic rings. The van der Waals surface area contributed by atoms with E-state index in [0.717, 1.165) is 32.4 Å². The molecule has 0 radical (unpaired) electrons. The van der Waals surface area contributed by atoms with E-state index in [-0.39, 0.29) is 0 Å². The lowest BCUT2D eigenvalue weighted by Crippen LogP contribution is -2.35. The van der Waals surface area contributed by atoms with E-state index in [2.05, 4.69) is 58.4 Å². The fourth-order valence-electron chi connectivity index (χ4n) is 3.24. The molecule has 0 bridgehead atoms. The molecule has 0 saturated heterocycles. The minimum atomic E-state index is 0.321. The van der Waals surface area contributed by atoms with Crippen molar-refractivity contribution < 1.29 is 0 Å². The van der Waals surface area contributed by atoms with Gasteiger partial charge < -0.3 is 5.32 Å². The van der Waals surface area contributed by atoms with E-state index < -0.39 is 0 Å². The number of aryl methyl sites for hydroxylation is 1. The van der Waals surface area contributed by atoms with Crippen LogP contribution in [0.2, 0.25) is 0 Å². The largest absolute Gasteiger partial charge is 0.308 e. The predicted octanol–water partition coefficient (Wildman–Crippen LogP) is 3.07. The van der Waals surface area contributed by atoms with Gasteiger partial charge in [-0.05, 0) is 36.9 Å². The lowest BCUT2D eigenvalue weighted by Gasteiger charge is -2.37. The standard InChI is InChI=1S/C17H24N4/c1-3-9-18-17(16-12-19-20-21(16)10-4-2)15-11-13-7-5-6-8-14(13)15/h5-8,12,15,17-18H,3-4,9-11H2,1-2H3. The first kappa shape index (κ1) is 14.3. The maximum Gasteiger partial charge on any atom is 0.0762 e. The average molecular weight is 284 g/mol. The smallest absolute Gasteiger partial charge is 0.0762 e. The van der Waals surface area contributed by atoms with Crippen molar-refractivity contribution in [2.45, 2.75) is 51.6 Å². The summed E-state index contributed by atoms with van der Waals surface area (Å²) in [7, 11) is 0. The van der Waals surface area contributed by atoms with Gasteiger partial charge in [0.05, 0.1) is 17.9 Å². The number of nitrogens with zero attached hydrogens (tertiary/aromatic N) is 3. The Balaban J connectivity index is 1.87. The Kier molecular flexibility index (Phi) is 4.34. The fraction of sp³-hybridized carbons (Fsp3) is 0.529. The van der Waals surface area contributed by atoms with E-state index in [0.29, 0.717) is 12.0 Å². The molecular weight excluding hydrogens is 260 g/mol. The van der Waals surface area contributed by atoms with Crippen LogP contribution in [-0.2, 0) is 13.0 Å². The molecule has 112 valence electrons. The number of hydrogen-bond acceptors (Lipinski definition) is 3. The van der Waals surface area contributed by atoms with E-state index >= 15 is 0 Å². The second kappa shape index (κ2) is 6.39. The van der Waals surface area contributed by atoms with Gasteiger partial charge in [0.15, 0.2) is 0 Å². The zero-order chi connectivity index (χ0) is 14.7. The van der Waals surface area contributed by atoms with Crippen molar-refractivity contribution in [1.29, 1.82) is 0 Å². The third kappa shape index (κ3) is 2.72. The molecule has 0 fully saturated rings. The normalized spacial score (nSPS) is 18.1. The second-order valence-electron chi connectivity index (χ2n) is 5.82. The summed E-state index contributed by atoms with van der Waals surface area (Å²) in [5, 5.41) is 12.1. The topological polar surface area (TPSA) is 42.7 Å². The highest BCUT2D eigenvalue weighted by Gasteiger charge is 2.35. The van der Waals surface area contributed by atoms with Gasteiger partial charge in [-0.3, -0.25) is 0 Å². The van der Waals surface area contributed by atoms with Gasteiger partial charge in [-0.2, -0.15) is 0 Å². The Morgan fingerprint density at radius 2 is 2.14 bits per heavy atom. The summed E-state index contributed by atoms with van der Waals surface area (Å²) >= 11 is 0. The van der Waals surface area contributed by atoms with Crippen LogP contribution in [0.25, 0.3) is 0 Å². The number of nitrogens with one attached hydrogen (secondary N) is 1. The van der Waals surface area contributed by atoms with Crippen LogP contribution in [0.4, 0.5) is 0 Å². The summed E-state index contributed by atoms with van der Waals surface area (Å²) in [4.78, 5) is 0. The van der Waals surface area contributed by atoms with Crippen molar-refractivity contribution in [3.63, 3.8) is 0 Å². The minimum Gasteiger partial charge on any atom is -0.308 e.